The van der Waals surface area contributed by atoms with Gasteiger partial charge in [-0.2, -0.15) is 0 Å². The highest BCUT2D eigenvalue weighted by atomic mass is 35.5. The van der Waals surface area contributed by atoms with Crippen LogP contribution >= 0.6 is 11.6 Å². The lowest BCUT2D eigenvalue weighted by atomic mass is 10.1. The van der Waals surface area contributed by atoms with Gasteiger partial charge >= 0.3 is 6.03 Å². The standard InChI is InChI=1S/C27H26ClN3O5/c1-3-36-23-12-8-20(9-13-23)29-25(32)16-24-26(33)31(21-10-14-22(35-2)15-11-21)27(34)30(24)17-18-4-6-19(28)7-5-18/h4-15,24H,3,16-17H2,1-2H3,(H,29,32). The van der Waals surface area contributed by atoms with E-state index >= 15 is 0 Å². The minimum Gasteiger partial charge on any atom is -0.497 e. The summed E-state index contributed by atoms with van der Waals surface area (Å²) in [5, 5.41) is 3.36. The average molecular weight is 508 g/mol. The Morgan fingerprint density at radius 1 is 0.944 bits per heavy atom. The van der Waals surface area contributed by atoms with Gasteiger partial charge in [0.2, 0.25) is 5.91 Å². The number of anilines is 2. The fourth-order valence-corrected chi connectivity index (χ4v) is 4.08. The second-order valence-electron chi connectivity index (χ2n) is 8.13. The molecule has 3 aromatic rings. The van der Waals surface area contributed by atoms with E-state index in [1.54, 1.807) is 72.8 Å². The third kappa shape index (κ3) is 5.60. The number of benzene rings is 3. The van der Waals surface area contributed by atoms with Gasteiger partial charge in [0.25, 0.3) is 5.91 Å². The van der Waals surface area contributed by atoms with E-state index in [1.807, 2.05) is 6.92 Å². The summed E-state index contributed by atoms with van der Waals surface area (Å²) in [7, 11) is 1.54. The van der Waals surface area contributed by atoms with Gasteiger partial charge in [-0.15, -0.1) is 0 Å². The van der Waals surface area contributed by atoms with Gasteiger partial charge in [0.1, 0.15) is 17.5 Å². The van der Waals surface area contributed by atoms with E-state index < -0.39 is 18.0 Å². The first kappa shape index (κ1) is 25.1. The Kier molecular flexibility index (Phi) is 7.75. The van der Waals surface area contributed by atoms with Crippen molar-refractivity contribution in [1.82, 2.24) is 4.90 Å². The van der Waals surface area contributed by atoms with E-state index in [9.17, 15) is 14.4 Å². The van der Waals surface area contributed by atoms with Crippen LogP contribution in [0.3, 0.4) is 0 Å². The zero-order chi connectivity index (χ0) is 25.7. The van der Waals surface area contributed by atoms with E-state index in [-0.39, 0.29) is 18.9 Å². The molecule has 0 spiro atoms. The van der Waals surface area contributed by atoms with E-state index in [0.717, 1.165) is 10.5 Å². The van der Waals surface area contributed by atoms with Crippen molar-refractivity contribution >= 4 is 40.8 Å². The van der Waals surface area contributed by atoms with E-state index in [2.05, 4.69) is 5.32 Å². The van der Waals surface area contributed by atoms with Crippen molar-refractivity contribution in [2.75, 3.05) is 23.9 Å². The molecule has 1 saturated heterocycles. The topological polar surface area (TPSA) is 88.2 Å². The second kappa shape index (κ2) is 11.1. The van der Waals surface area contributed by atoms with E-state index in [1.165, 1.54) is 12.0 Å². The number of hydrogen-bond donors (Lipinski definition) is 1. The summed E-state index contributed by atoms with van der Waals surface area (Å²) in [6.45, 7) is 2.58. The van der Waals surface area contributed by atoms with Crippen LogP contribution in [0.1, 0.15) is 18.9 Å². The minimum atomic E-state index is -0.974. The van der Waals surface area contributed by atoms with Gasteiger partial charge in [0.05, 0.1) is 25.8 Å². The van der Waals surface area contributed by atoms with Gasteiger partial charge in [-0.1, -0.05) is 23.7 Å². The Labute approximate surface area is 214 Å². The normalized spacial score (nSPS) is 15.2. The molecule has 4 amide bonds. The van der Waals surface area contributed by atoms with Crippen LogP contribution in [-0.4, -0.2) is 42.5 Å². The molecule has 0 aromatic heterocycles. The average Bonchev–Trinajstić information content (AvgIpc) is 3.10. The molecule has 1 unspecified atom stereocenters. The number of nitrogens with one attached hydrogen (secondary N) is 1. The van der Waals surface area contributed by atoms with Crippen LogP contribution in [0.4, 0.5) is 16.2 Å². The molecule has 9 heteroatoms. The molecule has 1 aliphatic heterocycles. The van der Waals surface area contributed by atoms with Crippen molar-refractivity contribution < 1.29 is 23.9 Å². The number of carbonyl (C=O) groups is 3. The van der Waals surface area contributed by atoms with Gasteiger partial charge < -0.3 is 19.7 Å². The number of urea groups is 1. The molecule has 4 rings (SSSR count). The van der Waals surface area contributed by atoms with Crippen molar-refractivity contribution in [1.29, 1.82) is 0 Å². The zero-order valence-corrected chi connectivity index (χ0v) is 20.7. The minimum absolute atomic E-state index is 0.148. The maximum absolute atomic E-state index is 13.4. The predicted molar refractivity (Wildman–Crippen MR) is 138 cm³/mol. The molecule has 3 aromatic carbocycles. The number of methoxy groups -OCH3 is 1. The maximum Gasteiger partial charge on any atom is 0.332 e. The quantitative estimate of drug-likeness (QED) is 0.406. The fourth-order valence-electron chi connectivity index (χ4n) is 3.96. The van der Waals surface area contributed by atoms with E-state index in [4.69, 9.17) is 21.1 Å². The van der Waals surface area contributed by atoms with Gasteiger partial charge in [0, 0.05) is 17.3 Å². The summed E-state index contributed by atoms with van der Waals surface area (Å²) in [6, 6.07) is 19.1. The van der Waals surface area contributed by atoms with Gasteiger partial charge in [-0.25, -0.2) is 9.69 Å². The molecular weight excluding hydrogens is 482 g/mol. The molecule has 0 radical (unpaired) electrons. The van der Waals surface area contributed by atoms with Crippen molar-refractivity contribution in [3.8, 4) is 11.5 Å². The molecule has 1 atom stereocenters. The lowest BCUT2D eigenvalue weighted by molar-refractivity contribution is -0.124. The first-order chi connectivity index (χ1) is 17.4. The first-order valence-corrected chi connectivity index (χ1v) is 11.8. The number of amides is 4. The lowest BCUT2D eigenvalue weighted by Gasteiger charge is -2.22. The molecule has 8 nitrogen and oxygen atoms in total. The summed E-state index contributed by atoms with van der Waals surface area (Å²) in [5.74, 6) is 0.433. The summed E-state index contributed by atoms with van der Waals surface area (Å²) < 4.78 is 10.6. The number of carbonyl (C=O) groups excluding carboxylic acids is 3. The number of ether oxygens (including phenoxy) is 2. The van der Waals surface area contributed by atoms with Gasteiger partial charge in [-0.05, 0) is 73.2 Å². The number of halogens is 1. The molecule has 186 valence electrons. The lowest BCUT2D eigenvalue weighted by Crippen LogP contribution is -2.37. The predicted octanol–water partition coefficient (Wildman–Crippen LogP) is 5.11. The Morgan fingerprint density at radius 3 is 2.19 bits per heavy atom. The van der Waals surface area contributed by atoms with Crippen molar-refractivity contribution in [2.24, 2.45) is 0 Å². The highest BCUT2D eigenvalue weighted by molar-refractivity contribution is 6.30. The number of nitrogens with zero attached hydrogens (tertiary/aromatic N) is 2. The molecule has 0 aliphatic carbocycles. The summed E-state index contributed by atoms with van der Waals surface area (Å²) in [4.78, 5) is 42.3. The van der Waals surface area contributed by atoms with Crippen molar-refractivity contribution in [2.45, 2.75) is 25.9 Å². The smallest absolute Gasteiger partial charge is 0.332 e. The molecule has 36 heavy (non-hydrogen) atoms. The number of hydrogen-bond acceptors (Lipinski definition) is 5. The molecule has 0 bridgehead atoms. The molecule has 1 aliphatic rings. The SMILES string of the molecule is CCOc1ccc(NC(=O)CC2C(=O)N(c3ccc(OC)cc3)C(=O)N2Cc2ccc(Cl)cc2)cc1. The van der Waals surface area contributed by atoms with Crippen molar-refractivity contribution in [3.63, 3.8) is 0 Å². The molecular formula is C27H26ClN3O5. The molecule has 1 fully saturated rings. The van der Waals surface area contributed by atoms with Crippen LogP contribution in [0, 0.1) is 0 Å². The highest BCUT2D eigenvalue weighted by Gasteiger charge is 2.46. The zero-order valence-electron chi connectivity index (χ0n) is 19.9. The Bertz CT molecular complexity index is 1230. The summed E-state index contributed by atoms with van der Waals surface area (Å²) >= 11 is 6.00. The largest absolute Gasteiger partial charge is 0.497 e. The highest BCUT2D eigenvalue weighted by Crippen LogP contribution is 2.30. The Balaban J connectivity index is 1.56. The van der Waals surface area contributed by atoms with Gasteiger partial charge in [-0.3, -0.25) is 9.59 Å². The molecule has 1 heterocycles. The number of imide groups is 1. The Morgan fingerprint density at radius 2 is 1.58 bits per heavy atom. The Hall–Kier alpha value is -4.04. The third-order valence-corrected chi connectivity index (χ3v) is 6.00. The maximum atomic E-state index is 13.4. The first-order valence-electron chi connectivity index (χ1n) is 11.5. The molecule has 0 saturated carbocycles. The van der Waals surface area contributed by atoms with Crippen LogP contribution in [-0.2, 0) is 16.1 Å². The van der Waals surface area contributed by atoms with Gasteiger partial charge in [0.15, 0.2) is 0 Å². The van der Waals surface area contributed by atoms with Crippen LogP contribution in [0.15, 0.2) is 72.8 Å². The summed E-state index contributed by atoms with van der Waals surface area (Å²) in [5.41, 5.74) is 1.76. The monoisotopic (exact) mass is 507 g/mol. The van der Waals surface area contributed by atoms with Crippen LogP contribution in [0.25, 0.3) is 0 Å². The molecule has 1 N–H and O–H groups in total. The van der Waals surface area contributed by atoms with Crippen LogP contribution in [0.2, 0.25) is 5.02 Å². The second-order valence-corrected chi connectivity index (χ2v) is 8.57. The van der Waals surface area contributed by atoms with E-state index in [0.29, 0.717) is 34.5 Å². The fraction of sp³-hybridized carbons (Fsp3) is 0.222. The van der Waals surface area contributed by atoms with Crippen molar-refractivity contribution in [3.05, 3.63) is 83.4 Å². The summed E-state index contributed by atoms with van der Waals surface area (Å²) in [6.07, 6.45) is -0.196. The van der Waals surface area contributed by atoms with Crippen LogP contribution in [0.5, 0.6) is 11.5 Å². The number of rotatable bonds is 9. The van der Waals surface area contributed by atoms with Crippen LogP contribution < -0.4 is 19.7 Å². The third-order valence-electron chi connectivity index (χ3n) is 5.74.